The van der Waals surface area contributed by atoms with Crippen LogP contribution in [0.2, 0.25) is 0 Å². The molecule has 2 heteroatoms. The van der Waals surface area contributed by atoms with Crippen LogP contribution in [0.1, 0.15) is 39.5 Å². The molecule has 0 bridgehead atoms. The third-order valence-corrected chi connectivity index (χ3v) is 4.21. The maximum atomic E-state index is 3.73. The molecule has 1 heterocycles. The van der Waals surface area contributed by atoms with Crippen molar-refractivity contribution in [2.75, 3.05) is 26.2 Å². The van der Waals surface area contributed by atoms with Gasteiger partial charge in [-0.1, -0.05) is 6.92 Å². The van der Waals surface area contributed by atoms with Crippen molar-refractivity contribution in [1.29, 1.82) is 0 Å². The van der Waals surface area contributed by atoms with Gasteiger partial charge in [0, 0.05) is 6.04 Å². The second-order valence-electron chi connectivity index (χ2n) is 5.41. The zero-order chi connectivity index (χ0) is 10.7. The maximum absolute atomic E-state index is 3.73. The van der Waals surface area contributed by atoms with Gasteiger partial charge in [0.2, 0.25) is 0 Å². The molecular weight excluding hydrogens is 184 g/mol. The van der Waals surface area contributed by atoms with Gasteiger partial charge in [-0.3, -0.25) is 0 Å². The molecule has 2 aliphatic rings. The Morgan fingerprint density at radius 2 is 1.87 bits per heavy atom. The molecule has 0 aromatic carbocycles. The fourth-order valence-electron chi connectivity index (χ4n) is 2.61. The van der Waals surface area contributed by atoms with Crippen LogP contribution in [0.3, 0.4) is 0 Å². The normalized spacial score (nSPS) is 26.8. The largest absolute Gasteiger partial charge is 0.314 e. The lowest BCUT2D eigenvalue weighted by molar-refractivity contribution is 0.168. The van der Waals surface area contributed by atoms with Gasteiger partial charge in [0.1, 0.15) is 0 Å². The van der Waals surface area contributed by atoms with Crippen molar-refractivity contribution in [2.24, 2.45) is 11.8 Å². The van der Waals surface area contributed by atoms with E-state index in [1.807, 2.05) is 0 Å². The summed E-state index contributed by atoms with van der Waals surface area (Å²) >= 11 is 0. The summed E-state index contributed by atoms with van der Waals surface area (Å²) in [6, 6.07) is 0.740. The average molecular weight is 210 g/mol. The van der Waals surface area contributed by atoms with Crippen LogP contribution in [-0.2, 0) is 0 Å². The van der Waals surface area contributed by atoms with Crippen LogP contribution in [0.5, 0.6) is 0 Å². The Morgan fingerprint density at radius 1 is 1.20 bits per heavy atom. The fraction of sp³-hybridized carbons (Fsp3) is 1.00. The summed E-state index contributed by atoms with van der Waals surface area (Å²) in [6.45, 7) is 9.79. The number of rotatable bonds is 5. The maximum Gasteiger partial charge on any atom is 0.00680 e. The van der Waals surface area contributed by atoms with Crippen LogP contribution in [-0.4, -0.2) is 37.1 Å². The first-order chi connectivity index (χ1) is 7.29. The van der Waals surface area contributed by atoms with Crippen molar-refractivity contribution >= 4 is 0 Å². The van der Waals surface area contributed by atoms with E-state index in [1.54, 1.807) is 0 Å². The molecule has 1 N–H and O–H groups in total. The number of hydrogen-bond donors (Lipinski definition) is 1. The molecule has 0 amide bonds. The van der Waals surface area contributed by atoms with Gasteiger partial charge in [0.05, 0.1) is 0 Å². The lowest BCUT2D eigenvalue weighted by Gasteiger charge is -2.34. The molecule has 15 heavy (non-hydrogen) atoms. The molecule has 1 unspecified atom stereocenters. The van der Waals surface area contributed by atoms with Gasteiger partial charge in [0.15, 0.2) is 0 Å². The van der Waals surface area contributed by atoms with E-state index in [4.69, 9.17) is 0 Å². The Bertz CT molecular complexity index is 181. The van der Waals surface area contributed by atoms with E-state index in [2.05, 4.69) is 24.1 Å². The quantitative estimate of drug-likeness (QED) is 0.747. The minimum Gasteiger partial charge on any atom is -0.314 e. The second-order valence-corrected chi connectivity index (χ2v) is 5.41. The molecule has 0 aromatic heterocycles. The molecule has 1 aliphatic heterocycles. The van der Waals surface area contributed by atoms with Gasteiger partial charge in [-0.25, -0.2) is 0 Å². The molecule has 1 saturated carbocycles. The highest BCUT2D eigenvalue weighted by Gasteiger charge is 2.25. The standard InChI is InChI=1S/C13H26N2/c1-3-15-8-6-13(7-9-15)11(2)14-10-12-4-5-12/h11-14H,3-10H2,1-2H3. The molecule has 2 rings (SSSR count). The van der Waals surface area contributed by atoms with Crippen LogP contribution in [0.25, 0.3) is 0 Å². The van der Waals surface area contributed by atoms with Gasteiger partial charge >= 0.3 is 0 Å². The summed E-state index contributed by atoms with van der Waals surface area (Å²) in [5.74, 6) is 1.94. The van der Waals surface area contributed by atoms with Crippen molar-refractivity contribution in [3.8, 4) is 0 Å². The van der Waals surface area contributed by atoms with E-state index in [-0.39, 0.29) is 0 Å². The van der Waals surface area contributed by atoms with E-state index < -0.39 is 0 Å². The minimum absolute atomic E-state index is 0.740. The predicted octanol–water partition coefficient (Wildman–Crippen LogP) is 2.11. The average Bonchev–Trinajstić information content (AvgIpc) is 3.10. The molecule has 1 atom stereocenters. The van der Waals surface area contributed by atoms with Crippen LogP contribution in [0.4, 0.5) is 0 Å². The summed E-state index contributed by atoms with van der Waals surface area (Å²) in [5.41, 5.74) is 0. The summed E-state index contributed by atoms with van der Waals surface area (Å²) in [5, 5.41) is 3.73. The first-order valence-corrected chi connectivity index (χ1v) is 6.75. The molecular formula is C13H26N2. The van der Waals surface area contributed by atoms with Crippen LogP contribution in [0.15, 0.2) is 0 Å². The summed E-state index contributed by atoms with van der Waals surface area (Å²) < 4.78 is 0. The summed E-state index contributed by atoms with van der Waals surface area (Å²) in [7, 11) is 0. The second kappa shape index (κ2) is 5.31. The predicted molar refractivity (Wildman–Crippen MR) is 65.0 cm³/mol. The van der Waals surface area contributed by atoms with Crippen LogP contribution < -0.4 is 5.32 Å². The SMILES string of the molecule is CCN1CCC(C(C)NCC2CC2)CC1. The Morgan fingerprint density at radius 3 is 2.40 bits per heavy atom. The zero-order valence-corrected chi connectivity index (χ0v) is 10.3. The molecule has 0 aromatic rings. The van der Waals surface area contributed by atoms with Gasteiger partial charge in [-0.15, -0.1) is 0 Å². The van der Waals surface area contributed by atoms with Gasteiger partial charge < -0.3 is 10.2 Å². The first kappa shape index (κ1) is 11.4. The summed E-state index contributed by atoms with van der Waals surface area (Å²) in [4.78, 5) is 2.57. The van der Waals surface area contributed by atoms with Crippen molar-refractivity contribution in [3.63, 3.8) is 0 Å². The Kier molecular flexibility index (Phi) is 4.04. The molecule has 88 valence electrons. The lowest BCUT2D eigenvalue weighted by atomic mass is 9.90. The van der Waals surface area contributed by atoms with E-state index in [0.29, 0.717) is 0 Å². The van der Waals surface area contributed by atoms with Gasteiger partial charge in [-0.2, -0.15) is 0 Å². The van der Waals surface area contributed by atoms with Crippen molar-refractivity contribution in [2.45, 2.75) is 45.6 Å². The Balaban J connectivity index is 1.64. The minimum atomic E-state index is 0.740. The molecule has 2 fully saturated rings. The zero-order valence-electron chi connectivity index (χ0n) is 10.3. The van der Waals surface area contributed by atoms with Crippen LogP contribution in [0, 0.1) is 11.8 Å². The van der Waals surface area contributed by atoms with Crippen LogP contribution >= 0.6 is 0 Å². The number of nitrogens with zero attached hydrogens (tertiary/aromatic N) is 1. The molecule has 0 radical (unpaired) electrons. The molecule has 1 saturated heterocycles. The van der Waals surface area contributed by atoms with E-state index >= 15 is 0 Å². The third-order valence-electron chi connectivity index (χ3n) is 4.21. The Labute approximate surface area is 94.4 Å². The number of piperidine rings is 1. The highest BCUT2D eigenvalue weighted by molar-refractivity contribution is 4.82. The number of likely N-dealkylation sites (tertiary alicyclic amines) is 1. The lowest BCUT2D eigenvalue weighted by Crippen LogP contribution is -2.42. The first-order valence-electron chi connectivity index (χ1n) is 6.75. The summed E-state index contributed by atoms with van der Waals surface area (Å²) in [6.07, 6.45) is 5.72. The highest BCUT2D eigenvalue weighted by atomic mass is 15.1. The van der Waals surface area contributed by atoms with Gasteiger partial charge in [-0.05, 0) is 70.6 Å². The van der Waals surface area contributed by atoms with Gasteiger partial charge in [0.25, 0.3) is 0 Å². The van der Waals surface area contributed by atoms with Crippen molar-refractivity contribution < 1.29 is 0 Å². The van der Waals surface area contributed by atoms with Crippen molar-refractivity contribution in [3.05, 3.63) is 0 Å². The van der Waals surface area contributed by atoms with E-state index in [1.165, 1.54) is 51.9 Å². The molecule has 0 spiro atoms. The molecule has 1 aliphatic carbocycles. The van der Waals surface area contributed by atoms with E-state index in [9.17, 15) is 0 Å². The topological polar surface area (TPSA) is 15.3 Å². The number of hydrogen-bond acceptors (Lipinski definition) is 2. The molecule has 2 nitrogen and oxygen atoms in total. The smallest absolute Gasteiger partial charge is 0.00680 e. The van der Waals surface area contributed by atoms with Crippen molar-refractivity contribution in [1.82, 2.24) is 10.2 Å². The highest BCUT2D eigenvalue weighted by Crippen LogP contribution is 2.28. The Hall–Kier alpha value is -0.0800. The third kappa shape index (κ3) is 3.46. The van der Waals surface area contributed by atoms with E-state index in [0.717, 1.165) is 17.9 Å². The monoisotopic (exact) mass is 210 g/mol. The number of nitrogens with one attached hydrogen (secondary N) is 1. The fourth-order valence-corrected chi connectivity index (χ4v) is 2.61.